The Morgan fingerprint density at radius 1 is 1.24 bits per heavy atom. The summed E-state index contributed by atoms with van der Waals surface area (Å²) in [6.45, 7) is 0. The van der Waals surface area contributed by atoms with E-state index in [0.717, 1.165) is 28.1 Å². The summed E-state index contributed by atoms with van der Waals surface area (Å²) < 4.78 is 0. The van der Waals surface area contributed by atoms with Gasteiger partial charge in [-0.25, -0.2) is 0 Å². The summed E-state index contributed by atoms with van der Waals surface area (Å²) in [6.07, 6.45) is 8.46. The highest BCUT2D eigenvalue weighted by Gasteiger charge is 2.28. The first-order valence-electron chi connectivity index (χ1n) is 5.52. The summed E-state index contributed by atoms with van der Waals surface area (Å²) in [7, 11) is 0. The molecule has 2 aliphatic carbocycles. The van der Waals surface area contributed by atoms with Crippen LogP contribution in [0.4, 0.5) is 0 Å². The normalized spacial score (nSPS) is 22.7. The summed E-state index contributed by atoms with van der Waals surface area (Å²) in [5, 5.41) is 3.18. The van der Waals surface area contributed by atoms with Gasteiger partial charge in [0, 0.05) is 41.4 Å². The van der Waals surface area contributed by atoms with Gasteiger partial charge < -0.3 is 16.8 Å². The third-order valence-electron chi connectivity index (χ3n) is 3.16. The molecule has 3 rings (SSSR count). The fourth-order valence-corrected chi connectivity index (χ4v) is 2.40. The third-order valence-corrected chi connectivity index (χ3v) is 3.16. The molecule has 0 fully saturated rings. The van der Waals surface area contributed by atoms with Crippen molar-refractivity contribution in [2.24, 2.45) is 11.5 Å². The number of fused-ring (bicyclic) bond motifs is 2. The first-order chi connectivity index (χ1) is 8.15. The zero-order chi connectivity index (χ0) is 12.0. The SMILES string of the molecule is NC1=CCC2=C3C(=O)C=C(N)CC3=CNC2=C1. The second-order valence-electron chi connectivity index (χ2n) is 4.39. The maximum atomic E-state index is 12.0. The third kappa shape index (κ3) is 1.49. The number of dihydropyridines is 1. The molecule has 0 atom stereocenters. The lowest BCUT2D eigenvalue weighted by Gasteiger charge is -2.27. The number of nitrogens with two attached hydrogens (primary N) is 2. The molecule has 17 heavy (non-hydrogen) atoms. The van der Waals surface area contributed by atoms with E-state index in [9.17, 15) is 4.79 Å². The van der Waals surface area contributed by atoms with E-state index in [1.807, 2.05) is 18.4 Å². The van der Waals surface area contributed by atoms with Gasteiger partial charge in [-0.05, 0) is 23.6 Å². The highest BCUT2D eigenvalue weighted by atomic mass is 16.1. The van der Waals surface area contributed by atoms with Crippen molar-refractivity contribution in [3.63, 3.8) is 0 Å². The first-order valence-corrected chi connectivity index (χ1v) is 5.52. The molecule has 86 valence electrons. The van der Waals surface area contributed by atoms with Crippen LogP contribution in [0.15, 0.2) is 58.2 Å². The Bertz CT molecular complexity index is 573. The standard InChI is InChI=1S/C13H13N3O/c14-8-1-2-10-11(4-8)16-6-7-3-9(15)5-12(17)13(7)10/h1,4-6,16H,2-3,14-15H2. The van der Waals surface area contributed by atoms with Crippen molar-refractivity contribution in [1.82, 2.24) is 5.32 Å². The molecule has 5 N–H and O–H groups in total. The van der Waals surface area contributed by atoms with Crippen molar-refractivity contribution in [3.8, 4) is 0 Å². The molecule has 0 bridgehead atoms. The average Bonchev–Trinajstić information content (AvgIpc) is 2.28. The van der Waals surface area contributed by atoms with Crippen LogP contribution in [-0.4, -0.2) is 5.78 Å². The van der Waals surface area contributed by atoms with E-state index < -0.39 is 0 Å². The topological polar surface area (TPSA) is 81.1 Å². The number of hydrogen-bond donors (Lipinski definition) is 3. The van der Waals surface area contributed by atoms with Crippen molar-refractivity contribution in [1.29, 1.82) is 0 Å². The number of allylic oxidation sites excluding steroid dienone is 6. The minimum atomic E-state index is -0.00345. The van der Waals surface area contributed by atoms with Crippen LogP contribution in [0.2, 0.25) is 0 Å². The molecule has 0 saturated carbocycles. The lowest BCUT2D eigenvalue weighted by molar-refractivity contribution is -0.111. The second kappa shape index (κ2) is 3.38. The summed E-state index contributed by atoms with van der Waals surface area (Å²) >= 11 is 0. The largest absolute Gasteiger partial charge is 0.402 e. The van der Waals surface area contributed by atoms with E-state index in [1.165, 1.54) is 6.08 Å². The van der Waals surface area contributed by atoms with Gasteiger partial charge in [-0.15, -0.1) is 0 Å². The maximum Gasteiger partial charge on any atom is 0.188 e. The number of rotatable bonds is 0. The van der Waals surface area contributed by atoms with E-state index in [0.29, 0.717) is 18.5 Å². The maximum absolute atomic E-state index is 12.0. The van der Waals surface area contributed by atoms with E-state index in [4.69, 9.17) is 11.5 Å². The lowest BCUT2D eigenvalue weighted by Crippen LogP contribution is -2.26. The summed E-state index contributed by atoms with van der Waals surface area (Å²) in [4.78, 5) is 12.0. The summed E-state index contributed by atoms with van der Waals surface area (Å²) in [5.41, 5.74) is 16.5. The van der Waals surface area contributed by atoms with E-state index in [1.54, 1.807) is 0 Å². The average molecular weight is 227 g/mol. The quantitative estimate of drug-likeness (QED) is 0.569. The highest BCUT2D eigenvalue weighted by molar-refractivity contribution is 6.10. The monoisotopic (exact) mass is 227 g/mol. The van der Waals surface area contributed by atoms with E-state index in [-0.39, 0.29) is 5.78 Å². The van der Waals surface area contributed by atoms with Gasteiger partial charge in [0.1, 0.15) is 0 Å². The van der Waals surface area contributed by atoms with Crippen LogP contribution >= 0.6 is 0 Å². The number of carbonyl (C=O) groups is 1. The van der Waals surface area contributed by atoms with Crippen LogP contribution in [-0.2, 0) is 4.79 Å². The van der Waals surface area contributed by atoms with Crippen LogP contribution in [0, 0.1) is 0 Å². The number of nitrogens with one attached hydrogen (secondary N) is 1. The van der Waals surface area contributed by atoms with Crippen LogP contribution in [0.1, 0.15) is 12.8 Å². The Morgan fingerprint density at radius 3 is 2.88 bits per heavy atom. The number of ketones is 1. The predicted octanol–water partition coefficient (Wildman–Crippen LogP) is 0.716. The fraction of sp³-hybridized carbons (Fsp3) is 0.154. The Labute approximate surface area is 99.0 Å². The molecule has 0 amide bonds. The molecule has 4 heteroatoms. The Balaban J connectivity index is 2.15. The molecule has 0 saturated heterocycles. The lowest BCUT2D eigenvalue weighted by atomic mass is 9.83. The predicted molar refractivity (Wildman–Crippen MR) is 65.1 cm³/mol. The van der Waals surface area contributed by atoms with Gasteiger partial charge in [0.2, 0.25) is 0 Å². The molecule has 0 spiro atoms. The fourth-order valence-electron chi connectivity index (χ4n) is 2.40. The first kappa shape index (κ1) is 9.96. The Morgan fingerprint density at radius 2 is 2.06 bits per heavy atom. The molecule has 0 unspecified atom stereocenters. The molecule has 0 radical (unpaired) electrons. The van der Waals surface area contributed by atoms with Gasteiger partial charge in [0.15, 0.2) is 5.78 Å². The van der Waals surface area contributed by atoms with Gasteiger partial charge in [-0.1, -0.05) is 6.08 Å². The van der Waals surface area contributed by atoms with Gasteiger partial charge in [0.05, 0.1) is 0 Å². The van der Waals surface area contributed by atoms with Gasteiger partial charge >= 0.3 is 0 Å². The molecule has 0 aromatic rings. The Kier molecular flexibility index (Phi) is 1.98. The Hall–Kier alpha value is -2.23. The summed E-state index contributed by atoms with van der Waals surface area (Å²) in [5.74, 6) is -0.00345. The van der Waals surface area contributed by atoms with Crippen LogP contribution in [0.3, 0.4) is 0 Å². The van der Waals surface area contributed by atoms with Crippen LogP contribution in [0.5, 0.6) is 0 Å². The smallest absolute Gasteiger partial charge is 0.188 e. The molecular weight excluding hydrogens is 214 g/mol. The van der Waals surface area contributed by atoms with Crippen LogP contribution < -0.4 is 16.8 Å². The molecular formula is C13H13N3O. The summed E-state index contributed by atoms with van der Waals surface area (Å²) in [6, 6.07) is 0. The van der Waals surface area contributed by atoms with E-state index >= 15 is 0 Å². The second-order valence-corrected chi connectivity index (χ2v) is 4.39. The molecule has 0 aromatic heterocycles. The minimum Gasteiger partial charge on any atom is -0.402 e. The van der Waals surface area contributed by atoms with Crippen molar-refractivity contribution >= 4 is 5.78 Å². The van der Waals surface area contributed by atoms with Crippen molar-refractivity contribution in [2.75, 3.05) is 0 Å². The molecule has 4 nitrogen and oxygen atoms in total. The molecule has 1 aliphatic heterocycles. The van der Waals surface area contributed by atoms with E-state index in [2.05, 4.69) is 5.32 Å². The number of hydrogen-bond acceptors (Lipinski definition) is 4. The van der Waals surface area contributed by atoms with Crippen molar-refractivity contribution < 1.29 is 4.79 Å². The zero-order valence-electron chi connectivity index (χ0n) is 9.29. The van der Waals surface area contributed by atoms with Crippen molar-refractivity contribution in [3.05, 3.63) is 58.2 Å². The molecule has 3 aliphatic rings. The molecule has 0 aromatic carbocycles. The van der Waals surface area contributed by atoms with Gasteiger partial charge in [0.25, 0.3) is 0 Å². The zero-order valence-corrected chi connectivity index (χ0v) is 9.29. The van der Waals surface area contributed by atoms with Crippen molar-refractivity contribution in [2.45, 2.75) is 12.8 Å². The van der Waals surface area contributed by atoms with Gasteiger partial charge in [-0.3, -0.25) is 4.79 Å². The van der Waals surface area contributed by atoms with Gasteiger partial charge in [-0.2, -0.15) is 0 Å². The molecule has 1 heterocycles. The van der Waals surface area contributed by atoms with Crippen LogP contribution in [0.25, 0.3) is 0 Å². The highest BCUT2D eigenvalue weighted by Crippen LogP contribution is 2.35. The number of carbonyl (C=O) groups excluding carboxylic acids is 1. The minimum absolute atomic E-state index is 0.00345.